The third-order valence-corrected chi connectivity index (χ3v) is 3.79. The Morgan fingerprint density at radius 1 is 1.27 bits per heavy atom. The van der Waals surface area contributed by atoms with E-state index in [2.05, 4.69) is 21.0 Å². The smallest absolute Gasteiger partial charge is 0.251 e. The van der Waals surface area contributed by atoms with E-state index in [0.29, 0.717) is 12.2 Å². The lowest BCUT2D eigenvalue weighted by atomic mass is 9.94. The molecule has 3 aromatic rings. The summed E-state index contributed by atoms with van der Waals surface area (Å²) in [5, 5.41) is 1.15. The maximum Gasteiger partial charge on any atom is 0.251 e. The predicted molar refractivity (Wildman–Crippen MR) is 85.3 cm³/mol. The number of rotatable bonds is 4. The van der Waals surface area contributed by atoms with Gasteiger partial charge >= 0.3 is 0 Å². The molecule has 0 aliphatic carbocycles. The molecule has 0 fully saturated rings. The van der Waals surface area contributed by atoms with Gasteiger partial charge in [-0.3, -0.25) is 9.59 Å². The highest BCUT2D eigenvalue weighted by Crippen LogP contribution is 2.24. The summed E-state index contributed by atoms with van der Waals surface area (Å²) in [6, 6.07) is 9.40. The van der Waals surface area contributed by atoms with Gasteiger partial charge in [-0.15, -0.1) is 0 Å². The fourth-order valence-corrected chi connectivity index (χ4v) is 2.59. The van der Waals surface area contributed by atoms with Gasteiger partial charge in [-0.25, -0.2) is 4.98 Å². The lowest BCUT2D eigenvalue weighted by Gasteiger charge is -2.11. The number of carbonyl (C=O) groups is 1. The Bertz CT molecular complexity index is 892. The van der Waals surface area contributed by atoms with Crippen LogP contribution in [0, 0.1) is 6.92 Å². The van der Waals surface area contributed by atoms with Gasteiger partial charge in [0.2, 0.25) is 0 Å². The second-order valence-electron chi connectivity index (χ2n) is 5.57. The van der Waals surface area contributed by atoms with E-state index in [-0.39, 0.29) is 23.0 Å². The van der Waals surface area contributed by atoms with Gasteiger partial charge in [-0.1, -0.05) is 19.1 Å². The zero-order chi connectivity index (χ0) is 15.7. The number of carbonyl (C=O) groups excluding carboxylic acids is 1. The molecule has 0 saturated carbocycles. The first-order chi connectivity index (χ1) is 10.5. The normalized spacial score (nSPS) is 12.5. The van der Waals surface area contributed by atoms with Crippen molar-refractivity contribution in [2.75, 3.05) is 0 Å². The Balaban J connectivity index is 1.81. The predicted octanol–water partition coefficient (Wildman–Crippen LogP) is 2.94. The van der Waals surface area contributed by atoms with Crippen LogP contribution in [-0.4, -0.2) is 20.7 Å². The zero-order valence-corrected chi connectivity index (χ0v) is 12.5. The van der Waals surface area contributed by atoms with Crippen LogP contribution in [0.25, 0.3) is 10.9 Å². The molecule has 2 N–H and O–H groups in total. The molecule has 112 valence electrons. The summed E-state index contributed by atoms with van der Waals surface area (Å²) in [5.74, 6) is 0.395. The number of fused-ring (bicyclic) bond motifs is 1. The van der Waals surface area contributed by atoms with Crippen LogP contribution in [0.15, 0.2) is 41.3 Å². The average Bonchev–Trinajstić information content (AvgIpc) is 2.93. The largest absolute Gasteiger partial charge is 0.361 e. The monoisotopic (exact) mass is 295 g/mol. The molecule has 0 aliphatic rings. The molecule has 0 radical (unpaired) electrons. The van der Waals surface area contributed by atoms with Gasteiger partial charge < -0.3 is 9.97 Å². The minimum absolute atomic E-state index is 0.0570. The van der Waals surface area contributed by atoms with E-state index >= 15 is 0 Å². The van der Waals surface area contributed by atoms with Crippen molar-refractivity contribution in [2.24, 2.45) is 0 Å². The summed E-state index contributed by atoms with van der Waals surface area (Å²) in [6.07, 6.45) is 2.22. The molecule has 0 spiro atoms. The van der Waals surface area contributed by atoms with Gasteiger partial charge in [0, 0.05) is 24.2 Å². The van der Waals surface area contributed by atoms with Crippen molar-refractivity contribution in [1.82, 2.24) is 15.0 Å². The molecule has 5 heteroatoms. The van der Waals surface area contributed by atoms with Crippen LogP contribution in [0.2, 0.25) is 0 Å². The fraction of sp³-hybridized carbons (Fsp3) is 0.235. The van der Waals surface area contributed by atoms with E-state index < -0.39 is 0 Å². The number of aryl methyl sites for hydroxylation is 1. The van der Waals surface area contributed by atoms with E-state index in [1.54, 1.807) is 6.92 Å². The molecule has 3 rings (SSSR count). The molecule has 22 heavy (non-hydrogen) atoms. The Morgan fingerprint density at radius 2 is 2.09 bits per heavy atom. The molecule has 0 amide bonds. The van der Waals surface area contributed by atoms with Crippen LogP contribution >= 0.6 is 0 Å². The standard InChI is InChI=1S/C17H17N3O2/c1-10(13-4-3-12-5-6-18-14(12)8-13)7-16(21)15-9-17(22)20-11(2)19-15/h3-6,8-10,18H,7H2,1-2H3,(H,19,20,22). The molecular formula is C17H17N3O2. The number of H-pyrrole nitrogens is 2. The van der Waals surface area contributed by atoms with Crippen LogP contribution in [-0.2, 0) is 0 Å². The van der Waals surface area contributed by atoms with Crippen molar-refractivity contribution < 1.29 is 4.79 Å². The molecular weight excluding hydrogens is 278 g/mol. The highest BCUT2D eigenvalue weighted by molar-refractivity contribution is 5.94. The van der Waals surface area contributed by atoms with E-state index in [0.717, 1.165) is 16.5 Å². The summed E-state index contributed by atoms with van der Waals surface area (Å²) < 4.78 is 0. The van der Waals surface area contributed by atoms with Crippen molar-refractivity contribution in [3.63, 3.8) is 0 Å². The molecule has 1 aromatic carbocycles. The van der Waals surface area contributed by atoms with Crippen molar-refractivity contribution in [3.8, 4) is 0 Å². The number of hydrogen-bond acceptors (Lipinski definition) is 3. The minimum Gasteiger partial charge on any atom is -0.361 e. The van der Waals surface area contributed by atoms with Crippen LogP contribution in [0.4, 0.5) is 0 Å². The number of ketones is 1. The molecule has 5 nitrogen and oxygen atoms in total. The zero-order valence-electron chi connectivity index (χ0n) is 12.5. The van der Waals surface area contributed by atoms with Crippen LogP contribution < -0.4 is 5.56 Å². The SMILES string of the molecule is Cc1nc(C(=O)CC(C)c2ccc3cc[nH]c3c2)cc(=O)[nH]1. The quantitative estimate of drug-likeness (QED) is 0.726. The maximum atomic E-state index is 12.3. The van der Waals surface area contributed by atoms with Crippen molar-refractivity contribution in [1.29, 1.82) is 0 Å². The lowest BCUT2D eigenvalue weighted by molar-refractivity contribution is 0.0970. The van der Waals surface area contributed by atoms with E-state index in [1.165, 1.54) is 6.07 Å². The molecule has 2 heterocycles. The van der Waals surface area contributed by atoms with Crippen LogP contribution in [0.5, 0.6) is 0 Å². The minimum atomic E-state index is -0.295. The first-order valence-corrected chi connectivity index (χ1v) is 7.21. The number of benzene rings is 1. The van der Waals surface area contributed by atoms with E-state index in [9.17, 15) is 9.59 Å². The summed E-state index contributed by atoms with van der Waals surface area (Å²) >= 11 is 0. The van der Waals surface area contributed by atoms with Crippen molar-refractivity contribution >= 4 is 16.7 Å². The molecule has 0 bridgehead atoms. The lowest BCUT2D eigenvalue weighted by Crippen LogP contribution is -2.15. The van der Waals surface area contributed by atoms with Crippen LogP contribution in [0.1, 0.15) is 41.1 Å². The van der Waals surface area contributed by atoms with Crippen molar-refractivity contribution in [2.45, 2.75) is 26.2 Å². The van der Waals surface area contributed by atoms with E-state index in [4.69, 9.17) is 0 Å². The molecule has 1 atom stereocenters. The summed E-state index contributed by atoms with van der Waals surface area (Å²) in [4.78, 5) is 33.6. The second kappa shape index (κ2) is 5.60. The first-order valence-electron chi connectivity index (χ1n) is 7.21. The Kier molecular flexibility index (Phi) is 3.63. The topological polar surface area (TPSA) is 78.6 Å². The molecule has 2 aromatic heterocycles. The summed E-state index contributed by atoms with van der Waals surface area (Å²) in [6.45, 7) is 3.67. The van der Waals surface area contributed by atoms with Gasteiger partial charge in [0.15, 0.2) is 5.78 Å². The molecule has 0 saturated heterocycles. The number of Topliss-reactive ketones (excluding diaryl/α,β-unsaturated/α-hetero) is 1. The number of aromatic nitrogens is 3. The Labute approximate surface area is 127 Å². The third-order valence-electron chi connectivity index (χ3n) is 3.79. The van der Waals surface area contributed by atoms with Gasteiger partial charge in [-0.2, -0.15) is 0 Å². The highest BCUT2D eigenvalue weighted by atomic mass is 16.1. The highest BCUT2D eigenvalue weighted by Gasteiger charge is 2.15. The summed E-state index contributed by atoms with van der Waals surface area (Å²) in [7, 11) is 0. The Hall–Kier alpha value is -2.69. The van der Waals surface area contributed by atoms with Gasteiger partial charge in [0.1, 0.15) is 11.5 Å². The van der Waals surface area contributed by atoms with Crippen LogP contribution in [0.3, 0.4) is 0 Å². The first kappa shape index (κ1) is 14.3. The number of nitrogens with one attached hydrogen (secondary N) is 2. The number of nitrogens with zero attached hydrogens (tertiary/aromatic N) is 1. The summed E-state index contributed by atoms with van der Waals surface area (Å²) in [5.41, 5.74) is 2.08. The molecule has 0 aliphatic heterocycles. The van der Waals surface area contributed by atoms with Gasteiger partial charge in [0.05, 0.1) is 0 Å². The second-order valence-corrected chi connectivity index (χ2v) is 5.57. The average molecular weight is 295 g/mol. The molecule has 1 unspecified atom stereocenters. The fourth-order valence-electron chi connectivity index (χ4n) is 2.59. The van der Waals surface area contributed by atoms with E-state index in [1.807, 2.05) is 31.3 Å². The van der Waals surface area contributed by atoms with Gasteiger partial charge in [-0.05, 0) is 35.9 Å². The Morgan fingerprint density at radius 3 is 2.86 bits per heavy atom. The van der Waals surface area contributed by atoms with Crippen molar-refractivity contribution in [3.05, 3.63) is 64.0 Å². The third kappa shape index (κ3) is 2.83. The number of hydrogen-bond donors (Lipinski definition) is 2. The van der Waals surface area contributed by atoms with Gasteiger partial charge in [0.25, 0.3) is 5.56 Å². The number of aromatic amines is 2. The maximum absolute atomic E-state index is 12.3.